The molecule has 1 aromatic carbocycles. The van der Waals surface area contributed by atoms with Gasteiger partial charge in [-0.1, -0.05) is 18.2 Å². The molecular weight excluding hydrogens is 250 g/mol. The summed E-state index contributed by atoms with van der Waals surface area (Å²) in [6, 6.07) is 12.2. The molecule has 0 aliphatic carbocycles. The molecule has 2 rings (SSSR count). The van der Waals surface area contributed by atoms with Crippen LogP contribution in [0.15, 0.2) is 30.3 Å². The molecule has 1 amide bonds. The highest BCUT2D eigenvalue weighted by molar-refractivity contribution is 5.95. The number of hydrogen-bond acceptors (Lipinski definition) is 3. The van der Waals surface area contributed by atoms with E-state index in [4.69, 9.17) is 5.26 Å². The van der Waals surface area contributed by atoms with Crippen molar-refractivity contribution in [3.05, 3.63) is 30.3 Å². The molecule has 1 aromatic rings. The second-order valence-corrected chi connectivity index (χ2v) is 5.31. The van der Waals surface area contributed by atoms with E-state index in [-0.39, 0.29) is 11.8 Å². The number of hydrogen-bond donors (Lipinski definition) is 1. The van der Waals surface area contributed by atoms with E-state index >= 15 is 0 Å². The Bertz CT molecular complexity index is 480. The molecule has 4 heteroatoms. The Balaban J connectivity index is 2.14. The quantitative estimate of drug-likeness (QED) is 0.914. The van der Waals surface area contributed by atoms with Gasteiger partial charge in [-0.2, -0.15) is 5.26 Å². The predicted molar refractivity (Wildman–Crippen MR) is 79.2 cm³/mol. The van der Waals surface area contributed by atoms with Crippen molar-refractivity contribution in [3.8, 4) is 6.07 Å². The number of rotatable bonds is 4. The van der Waals surface area contributed by atoms with Crippen LogP contribution in [0.4, 0.5) is 5.69 Å². The van der Waals surface area contributed by atoms with Crippen LogP contribution in [0.25, 0.3) is 0 Å². The number of nitrogens with zero attached hydrogens (tertiary/aromatic N) is 2. The number of piperidine rings is 1. The lowest BCUT2D eigenvalue weighted by molar-refractivity contribution is -0.123. The molecular formula is C16H21N3O. The zero-order valence-electron chi connectivity index (χ0n) is 11.9. The minimum Gasteiger partial charge on any atom is -0.314 e. The summed E-state index contributed by atoms with van der Waals surface area (Å²) in [5, 5.41) is 12.2. The van der Waals surface area contributed by atoms with Crippen molar-refractivity contribution in [1.29, 1.82) is 5.26 Å². The van der Waals surface area contributed by atoms with Crippen LogP contribution in [0.5, 0.6) is 0 Å². The zero-order valence-corrected chi connectivity index (χ0v) is 11.9. The summed E-state index contributed by atoms with van der Waals surface area (Å²) in [5.74, 6) is 0.213. The second-order valence-electron chi connectivity index (χ2n) is 5.31. The Hall–Kier alpha value is -1.86. The Morgan fingerprint density at radius 2 is 2.20 bits per heavy atom. The average molecular weight is 271 g/mol. The smallest absolute Gasteiger partial charge is 0.230 e. The zero-order chi connectivity index (χ0) is 14.4. The highest BCUT2D eigenvalue weighted by Gasteiger charge is 2.29. The van der Waals surface area contributed by atoms with Gasteiger partial charge in [-0.3, -0.25) is 4.79 Å². The summed E-state index contributed by atoms with van der Waals surface area (Å²) in [5.41, 5.74) is 0.888. The van der Waals surface area contributed by atoms with Crippen molar-refractivity contribution < 1.29 is 4.79 Å². The van der Waals surface area contributed by atoms with Crippen molar-refractivity contribution in [1.82, 2.24) is 5.32 Å². The van der Waals surface area contributed by atoms with E-state index in [9.17, 15) is 4.79 Å². The van der Waals surface area contributed by atoms with Gasteiger partial charge in [-0.05, 0) is 38.4 Å². The van der Waals surface area contributed by atoms with Gasteiger partial charge in [0.25, 0.3) is 0 Å². The molecule has 4 nitrogen and oxygen atoms in total. The minimum atomic E-state index is 0.0603. The molecule has 2 unspecified atom stereocenters. The number of para-hydroxylation sites is 1. The molecule has 0 bridgehead atoms. The fourth-order valence-corrected chi connectivity index (χ4v) is 2.71. The Morgan fingerprint density at radius 1 is 1.45 bits per heavy atom. The van der Waals surface area contributed by atoms with Gasteiger partial charge in [-0.25, -0.2) is 0 Å². The van der Waals surface area contributed by atoms with E-state index in [1.54, 1.807) is 4.90 Å². The van der Waals surface area contributed by atoms with E-state index in [1.807, 2.05) is 30.3 Å². The Morgan fingerprint density at radius 3 is 2.85 bits per heavy atom. The number of anilines is 1. The molecule has 1 N–H and O–H groups in total. The van der Waals surface area contributed by atoms with Crippen LogP contribution < -0.4 is 10.2 Å². The monoisotopic (exact) mass is 271 g/mol. The Kier molecular flexibility index (Phi) is 5.14. The van der Waals surface area contributed by atoms with Crippen molar-refractivity contribution >= 4 is 11.6 Å². The summed E-state index contributed by atoms with van der Waals surface area (Å²) in [4.78, 5) is 14.5. The normalized spacial score (nSPS) is 22.0. The third-order valence-corrected chi connectivity index (χ3v) is 3.75. The number of amides is 1. The maximum atomic E-state index is 12.7. The lowest BCUT2D eigenvalue weighted by Gasteiger charge is -2.32. The van der Waals surface area contributed by atoms with Crippen LogP contribution >= 0.6 is 0 Å². The SMILES string of the molecule is CC1CC(C(=O)N(CCC#N)c2ccccc2)CCN1. The van der Waals surface area contributed by atoms with Crippen LogP contribution in [0.1, 0.15) is 26.2 Å². The summed E-state index contributed by atoms with van der Waals surface area (Å²) in [7, 11) is 0. The van der Waals surface area contributed by atoms with Crippen molar-refractivity contribution in [2.45, 2.75) is 32.2 Å². The topological polar surface area (TPSA) is 56.1 Å². The minimum absolute atomic E-state index is 0.0603. The maximum Gasteiger partial charge on any atom is 0.230 e. The van der Waals surface area contributed by atoms with Crippen LogP contribution in [0.2, 0.25) is 0 Å². The van der Waals surface area contributed by atoms with Crippen molar-refractivity contribution in [2.24, 2.45) is 5.92 Å². The summed E-state index contributed by atoms with van der Waals surface area (Å²) in [6.07, 6.45) is 2.11. The highest BCUT2D eigenvalue weighted by Crippen LogP contribution is 2.23. The van der Waals surface area contributed by atoms with Gasteiger partial charge in [0, 0.05) is 24.2 Å². The summed E-state index contributed by atoms with van der Waals surface area (Å²) < 4.78 is 0. The van der Waals surface area contributed by atoms with Gasteiger partial charge >= 0.3 is 0 Å². The number of carbonyl (C=O) groups is 1. The van der Waals surface area contributed by atoms with Crippen LogP contribution in [-0.2, 0) is 4.79 Å². The van der Waals surface area contributed by atoms with E-state index < -0.39 is 0 Å². The molecule has 2 atom stereocenters. The van der Waals surface area contributed by atoms with E-state index in [0.29, 0.717) is 19.0 Å². The second kappa shape index (κ2) is 7.06. The summed E-state index contributed by atoms with van der Waals surface area (Å²) >= 11 is 0. The standard InChI is InChI=1S/C16H21N3O/c1-13-12-14(8-10-18-13)16(20)19(11-5-9-17)15-6-3-2-4-7-15/h2-4,6-7,13-14,18H,5,8,10-12H2,1H3. The largest absolute Gasteiger partial charge is 0.314 e. The molecule has 0 spiro atoms. The fraction of sp³-hybridized carbons (Fsp3) is 0.500. The fourth-order valence-electron chi connectivity index (χ4n) is 2.71. The van der Waals surface area contributed by atoms with Crippen LogP contribution in [0.3, 0.4) is 0 Å². The van der Waals surface area contributed by atoms with E-state index in [2.05, 4.69) is 18.3 Å². The lowest BCUT2D eigenvalue weighted by Crippen LogP contribution is -2.44. The number of benzene rings is 1. The van der Waals surface area contributed by atoms with Gasteiger partial charge in [0.1, 0.15) is 0 Å². The molecule has 1 saturated heterocycles. The predicted octanol–water partition coefficient (Wildman–Crippen LogP) is 2.32. The Labute approximate surface area is 120 Å². The number of carbonyl (C=O) groups excluding carboxylic acids is 1. The highest BCUT2D eigenvalue weighted by atomic mass is 16.2. The van der Waals surface area contributed by atoms with Crippen molar-refractivity contribution in [3.63, 3.8) is 0 Å². The molecule has 0 radical (unpaired) electrons. The van der Waals surface area contributed by atoms with Gasteiger partial charge in [0.2, 0.25) is 5.91 Å². The number of nitriles is 1. The molecule has 1 fully saturated rings. The lowest BCUT2D eigenvalue weighted by atomic mass is 9.91. The van der Waals surface area contributed by atoms with Crippen LogP contribution in [-0.4, -0.2) is 25.0 Å². The van der Waals surface area contributed by atoms with Crippen molar-refractivity contribution in [2.75, 3.05) is 18.0 Å². The van der Waals surface area contributed by atoms with Gasteiger partial charge < -0.3 is 10.2 Å². The third-order valence-electron chi connectivity index (χ3n) is 3.75. The first kappa shape index (κ1) is 14.5. The third kappa shape index (κ3) is 3.58. The molecule has 1 aliphatic rings. The van der Waals surface area contributed by atoms with Gasteiger partial charge in [-0.15, -0.1) is 0 Å². The molecule has 0 aromatic heterocycles. The summed E-state index contributed by atoms with van der Waals surface area (Å²) in [6.45, 7) is 3.47. The molecule has 0 saturated carbocycles. The number of nitrogens with one attached hydrogen (secondary N) is 1. The molecule has 1 heterocycles. The molecule has 1 aliphatic heterocycles. The van der Waals surface area contributed by atoms with Crippen LogP contribution in [0, 0.1) is 17.2 Å². The van der Waals surface area contributed by atoms with E-state index in [1.165, 1.54) is 0 Å². The first-order valence-electron chi connectivity index (χ1n) is 7.19. The first-order chi connectivity index (χ1) is 9.72. The molecule has 106 valence electrons. The average Bonchev–Trinajstić information content (AvgIpc) is 2.48. The van der Waals surface area contributed by atoms with E-state index in [0.717, 1.165) is 25.1 Å². The maximum absolute atomic E-state index is 12.7. The van der Waals surface area contributed by atoms with Gasteiger partial charge in [0.05, 0.1) is 12.5 Å². The van der Waals surface area contributed by atoms with Gasteiger partial charge in [0.15, 0.2) is 0 Å². The molecule has 20 heavy (non-hydrogen) atoms. The first-order valence-corrected chi connectivity index (χ1v) is 7.19.